The molecule has 0 radical (unpaired) electrons. The molecule has 0 aromatic carbocycles. The van der Waals surface area contributed by atoms with E-state index < -0.39 is 0 Å². The Hall–Kier alpha value is 0.0300. The van der Waals surface area contributed by atoms with E-state index in [0.29, 0.717) is 0 Å². The van der Waals surface area contributed by atoms with Crippen LogP contribution in [0, 0.1) is 0 Å². The molecule has 0 heterocycles. The van der Waals surface area contributed by atoms with Gasteiger partial charge in [0.1, 0.15) is 0 Å². The van der Waals surface area contributed by atoms with Gasteiger partial charge >= 0.3 is 0 Å². The van der Waals surface area contributed by atoms with Gasteiger partial charge in [-0.3, -0.25) is 0 Å². The summed E-state index contributed by atoms with van der Waals surface area (Å²) in [7, 11) is 0. The Labute approximate surface area is 127 Å². The van der Waals surface area contributed by atoms with Crippen LogP contribution in [0.4, 0.5) is 0 Å². The zero-order valence-corrected chi connectivity index (χ0v) is 13.9. The van der Waals surface area contributed by atoms with Crippen molar-refractivity contribution in [1.82, 2.24) is 0 Å². The summed E-state index contributed by atoms with van der Waals surface area (Å²) in [6.45, 7) is 2.28. The summed E-state index contributed by atoms with van der Waals surface area (Å²) in [5.74, 6) is 0.835. The average molecular weight is 287 g/mol. The molecule has 0 spiro atoms. The highest BCUT2D eigenvalue weighted by molar-refractivity contribution is 6.17. The first-order valence-electron chi connectivity index (χ1n) is 8.62. The molecule has 0 aliphatic heterocycles. The molecule has 0 unspecified atom stereocenters. The van der Waals surface area contributed by atoms with Gasteiger partial charge in [-0.1, -0.05) is 76.9 Å². The van der Waals surface area contributed by atoms with E-state index in [9.17, 15) is 0 Å². The van der Waals surface area contributed by atoms with Crippen LogP contribution in [0.2, 0.25) is 0 Å². The molecule has 0 rings (SSSR count). The molecule has 0 aliphatic carbocycles. The van der Waals surface area contributed by atoms with Gasteiger partial charge < -0.3 is 0 Å². The predicted molar refractivity (Wildman–Crippen MR) is 90.2 cm³/mol. The van der Waals surface area contributed by atoms with Crippen molar-refractivity contribution in [1.29, 1.82) is 0 Å². The van der Waals surface area contributed by atoms with E-state index in [1.165, 1.54) is 89.9 Å². The normalized spacial score (nSPS) is 11.5. The largest absolute Gasteiger partial charge is 0.127 e. The standard InChI is InChI=1S/C18H35Cl/c1-2-3-4-5-6-7-8-9-10-11-12-13-14-15-16-17-18-19/h9-10H,2-8,11-18H2,1H3. The van der Waals surface area contributed by atoms with Gasteiger partial charge in [-0.15, -0.1) is 11.6 Å². The smallest absolute Gasteiger partial charge is 0.0223 e. The summed E-state index contributed by atoms with van der Waals surface area (Å²) in [6, 6.07) is 0. The first-order chi connectivity index (χ1) is 9.41. The Morgan fingerprint density at radius 1 is 0.579 bits per heavy atom. The van der Waals surface area contributed by atoms with Crippen LogP contribution >= 0.6 is 11.6 Å². The van der Waals surface area contributed by atoms with Crippen LogP contribution in [0.3, 0.4) is 0 Å². The number of hydrogen-bond donors (Lipinski definition) is 0. The van der Waals surface area contributed by atoms with Crippen molar-refractivity contribution >= 4 is 11.6 Å². The van der Waals surface area contributed by atoms with E-state index >= 15 is 0 Å². The van der Waals surface area contributed by atoms with E-state index in [1.54, 1.807) is 0 Å². The molecule has 0 nitrogen and oxygen atoms in total. The minimum atomic E-state index is 0.835. The first-order valence-corrected chi connectivity index (χ1v) is 9.16. The quantitative estimate of drug-likeness (QED) is 0.169. The van der Waals surface area contributed by atoms with E-state index in [-0.39, 0.29) is 0 Å². The SMILES string of the molecule is CCCCCCCCC=CCCCCCCCCCl. The zero-order chi connectivity index (χ0) is 14.0. The number of rotatable bonds is 15. The molecule has 0 aliphatic rings. The lowest BCUT2D eigenvalue weighted by Crippen LogP contribution is -1.80. The number of halogens is 1. The number of hydrogen-bond acceptors (Lipinski definition) is 0. The van der Waals surface area contributed by atoms with Crippen LogP contribution in [0.5, 0.6) is 0 Å². The molecule has 0 bridgehead atoms. The third-order valence-electron chi connectivity index (χ3n) is 3.65. The van der Waals surface area contributed by atoms with Crippen molar-refractivity contribution in [2.75, 3.05) is 5.88 Å². The Bertz CT molecular complexity index is 175. The second-order valence-electron chi connectivity index (χ2n) is 5.63. The van der Waals surface area contributed by atoms with Crippen molar-refractivity contribution in [2.24, 2.45) is 0 Å². The van der Waals surface area contributed by atoms with E-state index in [2.05, 4.69) is 19.1 Å². The van der Waals surface area contributed by atoms with Gasteiger partial charge in [0.25, 0.3) is 0 Å². The highest BCUT2D eigenvalue weighted by atomic mass is 35.5. The second kappa shape index (κ2) is 18.0. The summed E-state index contributed by atoms with van der Waals surface area (Å²) < 4.78 is 0. The molecule has 0 fully saturated rings. The van der Waals surface area contributed by atoms with Gasteiger partial charge in [-0.25, -0.2) is 0 Å². The summed E-state index contributed by atoms with van der Waals surface area (Å²) in [5.41, 5.74) is 0. The van der Waals surface area contributed by atoms with Crippen LogP contribution in [-0.2, 0) is 0 Å². The Morgan fingerprint density at radius 3 is 1.47 bits per heavy atom. The lowest BCUT2D eigenvalue weighted by atomic mass is 10.1. The van der Waals surface area contributed by atoms with Gasteiger partial charge in [0.15, 0.2) is 0 Å². The van der Waals surface area contributed by atoms with Crippen molar-refractivity contribution in [3.05, 3.63) is 12.2 Å². The van der Waals surface area contributed by atoms with Crippen LogP contribution in [-0.4, -0.2) is 5.88 Å². The minimum Gasteiger partial charge on any atom is -0.127 e. The fourth-order valence-corrected chi connectivity index (χ4v) is 2.53. The third-order valence-corrected chi connectivity index (χ3v) is 3.91. The average Bonchev–Trinajstić information content (AvgIpc) is 2.43. The molecular formula is C18H35Cl. The Kier molecular flexibility index (Phi) is 18.1. The summed E-state index contributed by atoms with van der Waals surface area (Å²) in [4.78, 5) is 0. The summed E-state index contributed by atoms with van der Waals surface area (Å²) in [6.07, 6.45) is 23.8. The maximum atomic E-state index is 5.65. The summed E-state index contributed by atoms with van der Waals surface area (Å²) >= 11 is 5.65. The van der Waals surface area contributed by atoms with Gasteiger partial charge in [0.05, 0.1) is 0 Å². The van der Waals surface area contributed by atoms with Crippen LogP contribution in [0.25, 0.3) is 0 Å². The molecule has 0 aromatic heterocycles. The van der Waals surface area contributed by atoms with Crippen molar-refractivity contribution in [3.63, 3.8) is 0 Å². The van der Waals surface area contributed by atoms with E-state index in [1.807, 2.05) is 0 Å². The predicted octanol–water partition coefficient (Wildman–Crippen LogP) is 7.26. The summed E-state index contributed by atoms with van der Waals surface area (Å²) in [5, 5.41) is 0. The van der Waals surface area contributed by atoms with E-state index in [4.69, 9.17) is 11.6 Å². The molecule has 0 N–H and O–H groups in total. The fraction of sp³-hybridized carbons (Fsp3) is 0.889. The molecular weight excluding hydrogens is 252 g/mol. The van der Waals surface area contributed by atoms with Gasteiger partial charge in [-0.05, 0) is 32.1 Å². The topological polar surface area (TPSA) is 0 Å². The molecule has 0 aromatic rings. The molecule has 0 amide bonds. The Morgan fingerprint density at radius 2 is 1.00 bits per heavy atom. The van der Waals surface area contributed by atoms with Crippen molar-refractivity contribution < 1.29 is 0 Å². The highest BCUT2D eigenvalue weighted by Gasteiger charge is 1.90. The highest BCUT2D eigenvalue weighted by Crippen LogP contribution is 2.09. The lowest BCUT2D eigenvalue weighted by molar-refractivity contribution is 0.607. The fourth-order valence-electron chi connectivity index (χ4n) is 2.34. The second-order valence-corrected chi connectivity index (χ2v) is 6.00. The molecule has 0 atom stereocenters. The van der Waals surface area contributed by atoms with Crippen LogP contribution in [0.15, 0.2) is 12.2 Å². The minimum absolute atomic E-state index is 0.835. The van der Waals surface area contributed by atoms with Crippen molar-refractivity contribution in [3.8, 4) is 0 Å². The molecule has 1 heteroatoms. The molecule has 114 valence electrons. The van der Waals surface area contributed by atoms with Gasteiger partial charge in [0, 0.05) is 5.88 Å². The number of unbranched alkanes of at least 4 members (excludes halogenated alkanes) is 12. The first kappa shape index (κ1) is 19.0. The van der Waals surface area contributed by atoms with Gasteiger partial charge in [-0.2, -0.15) is 0 Å². The molecule has 19 heavy (non-hydrogen) atoms. The number of allylic oxidation sites excluding steroid dienone is 2. The van der Waals surface area contributed by atoms with E-state index in [0.717, 1.165) is 5.88 Å². The van der Waals surface area contributed by atoms with Gasteiger partial charge in [0.2, 0.25) is 0 Å². The monoisotopic (exact) mass is 286 g/mol. The third kappa shape index (κ3) is 18.0. The Balaban J connectivity index is 3.01. The molecule has 0 saturated heterocycles. The maximum absolute atomic E-state index is 5.65. The van der Waals surface area contributed by atoms with Crippen LogP contribution < -0.4 is 0 Å². The number of alkyl halides is 1. The zero-order valence-electron chi connectivity index (χ0n) is 13.1. The van der Waals surface area contributed by atoms with Crippen LogP contribution in [0.1, 0.15) is 96.8 Å². The van der Waals surface area contributed by atoms with Crippen molar-refractivity contribution in [2.45, 2.75) is 96.8 Å². The maximum Gasteiger partial charge on any atom is 0.0223 e. The molecule has 0 saturated carbocycles. The lowest BCUT2D eigenvalue weighted by Gasteiger charge is -1.99.